The van der Waals surface area contributed by atoms with Crippen molar-refractivity contribution in [2.24, 2.45) is 7.05 Å². The van der Waals surface area contributed by atoms with E-state index < -0.39 is 0 Å². The molecule has 3 aromatic rings. The molecule has 6 heteroatoms. The molecule has 0 saturated carbocycles. The highest BCUT2D eigenvalue weighted by atomic mass is 16.5. The van der Waals surface area contributed by atoms with Gasteiger partial charge in [-0.15, -0.1) is 0 Å². The van der Waals surface area contributed by atoms with Gasteiger partial charge in [-0.05, 0) is 31.2 Å². The topological polar surface area (TPSA) is 69.0 Å². The molecule has 0 aliphatic rings. The summed E-state index contributed by atoms with van der Waals surface area (Å²) in [5, 5.41) is 7.03. The highest BCUT2D eigenvalue weighted by Crippen LogP contribution is 2.20. The summed E-state index contributed by atoms with van der Waals surface area (Å²) in [6.07, 6.45) is 1.65. The van der Waals surface area contributed by atoms with Gasteiger partial charge in [0.15, 0.2) is 0 Å². The predicted molar refractivity (Wildman–Crippen MR) is 86.7 cm³/mol. The van der Waals surface area contributed by atoms with Crippen molar-refractivity contribution < 1.29 is 9.53 Å². The van der Waals surface area contributed by atoms with Gasteiger partial charge in [0.1, 0.15) is 11.6 Å². The molecule has 0 aliphatic heterocycles. The van der Waals surface area contributed by atoms with Crippen LogP contribution in [0.25, 0.3) is 0 Å². The Morgan fingerprint density at radius 2 is 2.04 bits per heavy atom. The van der Waals surface area contributed by atoms with E-state index in [2.05, 4.69) is 15.4 Å². The Labute approximate surface area is 133 Å². The van der Waals surface area contributed by atoms with Crippen molar-refractivity contribution in [1.29, 1.82) is 0 Å². The SMILES string of the molecule is Cc1cc(NC(=O)c2cccc(Oc3ccccn3)c2)n(C)n1. The Morgan fingerprint density at radius 3 is 2.74 bits per heavy atom. The number of amides is 1. The first-order valence-corrected chi connectivity index (χ1v) is 7.13. The lowest BCUT2D eigenvalue weighted by Crippen LogP contribution is -2.14. The molecule has 1 N–H and O–H groups in total. The van der Waals surface area contributed by atoms with Crippen molar-refractivity contribution in [2.45, 2.75) is 6.92 Å². The molecule has 0 unspecified atom stereocenters. The number of anilines is 1. The summed E-state index contributed by atoms with van der Waals surface area (Å²) in [6, 6.07) is 14.2. The normalized spacial score (nSPS) is 10.3. The van der Waals surface area contributed by atoms with Crippen molar-refractivity contribution in [3.05, 3.63) is 66.0 Å². The fourth-order valence-electron chi connectivity index (χ4n) is 2.15. The van der Waals surface area contributed by atoms with Crippen molar-refractivity contribution >= 4 is 11.7 Å². The van der Waals surface area contributed by atoms with E-state index in [0.717, 1.165) is 5.69 Å². The zero-order valence-corrected chi connectivity index (χ0v) is 12.9. The van der Waals surface area contributed by atoms with Crippen LogP contribution in [0.1, 0.15) is 16.1 Å². The van der Waals surface area contributed by atoms with E-state index in [4.69, 9.17) is 4.74 Å². The first kappa shape index (κ1) is 14.8. The highest BCUT2D eigenvalue weighted by Gasteiger charge is 2.10. The molecular formula is C17H16N4O2. The average Bonchev–Trinajstić information content (AvgIpc) is 2.86. The summed E-state index contributed by atoms with van der Waals surface area (Å²) in [7, 11) is 1.78. The molecule has 6 nitrogen and oxygen atoms in total. The molecule has 0 radical (unpaired) electrons. The molecule has 116 valence electrons. The third-order valence-corrected chi connectivity index (χ3v) is 3.20. The molecular weight excluding hydrogens is 292 g/mol. The van der Waals surface area contributed by atoms with Crippen molar-refractivity contribution in [3.8, 4) is 11.6 Å². The smallest absolute Gasteiger partial charge is 0.256 e. The summed E-state index contributed by atoms with van der Waals surface area (Å²) in [6.45, 7) is 1.87. The maximum Gasteiger partial charge on any atom is 0.256 e. The van der Waals surface area contributed by atoms with Gasteiger partial charge in [-0.2, -0.15) is 5.10 Å². The largest absolute Gasteiger partial charge is 0.439 e. The van der Waals surface area contributed by atoms with Gasteiger partial charge in [-0.1, -0.05) is 12.1 Å². The fourth-order valence-corrected chi connectivity index (χ4v) is 2.15. The zero-order chi connectivity index (χ0) is 16.2. The second-order valence-corrected chi connectivity index (χ2v) is 5.05. The van der Waals surface area contributed by atoms with Gasteiger partial charge in [0, 0.05) is 30.9 Å². The summed E-state index contributed by atoms with van der Waals surface area (Å²) in [5.41, 5.74) is 1.34. The van der Waals surface area contributed by atoms with Gasteiger partial charge < -0.3 is 10.1 Å². The lowest BCUT2D eigenvalue weighted by Gasteiger charge is -2.08. The number of aryl methyl sites for hydroxylation is 2. The fraction of sp³-hybridized carbons (Fsp3) is 0.118. The highest BCUT2D eigenvalue weighted by molar-refractivity contribution is 6.04. The molecule has 2 heterocycles. The minimum atomic E-state index is -0.223. The molecule has 0 fully saturated rings. The Morgan fingerprint density at radius 1 is 1.17 bits per heavy atom. The molecule has 0 spiro atoms. The van der Waals surface area contributed by atoms with Crippen LogP contribution in [0.4, 0.5) is 5.82 Å². The Kier molecular flexibility index (Phi) is 4.05. The number of aromatic nitrogens is 3. The molecule has 0 saturated heterocycles. The van der Waals surface area contributed by atoms with E-state index in [1.807, 2.05) is 25.1 Å². The van der Waals surface area contributed by atoms with Gasteiger partial charge in [-0.3, -0.25) is 9.48 Å². The van der Waals surface area contributed by atoms with E-state index >= 15 is 0 Å². The number of hydrogen-bond acceptors (Lipinski definition) is 4. The average molecular weight is 308 g/mol. The monoisotopic (exact) mass is 308 g/mol. The maximum absolute atomic E-state index is 12.4. The summed E-state index contributed by atoms with van der Waals surface area (Å²) >= 11 is 0. The van der Waals surface area contributed by atoms with E-state index in [1.165, 1.54) is 0 Å². The van der Waals surface area contributed by atoms with Crippen LogP contribution in [0.2, 0.25) is 0 Å². The van der Waals surface area contributed by atoms with E-state index in [9.17, 15) is 4.79 Å². The Hall–Kier alpha value is -3.15. The molecule has 2 aromatic heterocycles. The number of benzene rings is 1. The lowest BCUT2D eigenvalue weighted by molar-refractivity contribution is 0.102. The number of rotatable bonds is 4. The quantitative estimate of drug-likeness (QED) is 0.803. The van der Waals surface area contributed by atoms with Crippen molar-refractivity contribution in [2.75, 3.05) is 5.32 Å². The van der Waals surface area contributed by atoms with Gasteiger partial charge in [0.2, 0.25) is 5.88 Å². The number of nitrogens with one attached hydrogen (secondary N) is 1. The van der Waals surface area contributed by atoms with Gasteiger partial charge in [0.25, 0.3) is 5.91 Å². The molecule has 3 rings (SSSR count). The van der Waals surface area contributed by atoms with Crippen LogP contribution in [0.15, 0.2) is 54.7 Å². The molecule has 0 aliphatic carbocycles. The van der Waals surface area contributed by atoms with Crippen molar-refractivity contribution in [1.82, 2.24) is 14.8 Å². The summed E-state index contributed by atoms with van der Waals surface area (Å²) < 4.78 is 7.27. The molecule has 0 bridgehead atoms. The van der Waals surface area contributed by atoms with Crippen LogP contribution < -0.4 is 10.1 Å². The first-order chi connectivity index (χ1) is 11.1. The molecule has 1 aromatic carbocycles. The second-order valence-electron chi connectivity index (χ2n) is 5.05. The second kappa shape index (κ2) is 6.31. The number of carbonyl (C=O) groups is 1. The van der Waals surface area contributed by atoms with Crippen LogP contribution >= 0.6 is 0 Å². The third kappa shape index (κ3) is 3.55. The molecule has 0 atom stereocenters. The van der Waals surface area contributed by atoms with Crippen LogP contribution in [0.5, 0.6) is 11.6 Å². The Balaban J connectivity index is 1.76. The maximum atomic E-state index is 12.4. The molecule has 1 amide bonds. The zero-order valence-electron chi connectivity index (χ0n) is 12.9. The number of hydrogen-bond donors (Lipinski definition) is 1. The lowest BCUT2D eigenvalue weighted by atomic mass is 10.2. The number of nitrogens with zero attached hydrogens (tertiary/aromatic N) is 3. The molecule has 23 heavy (non-hydrogen) atoms. The van der Waals surface area contributed by atoms with Crippen LogP contribution in [0, 0.1) is 6.92 Å². The first-order valence-electron chi connectivity index (χ1n) is 7.13. The summed E-state index contributed by atoms with van der Waals surface area (Å²) in [5.74, 6) is 1.45. The minimum absolute atomic E-state index is 0.223. The predicted octanol–water partition coefficient (Wildman–Crippen LogP) is 3.17. The van der Waals surface area contributed by atoms with E-state index in [-0.39, 0.29) is 5.91 Å². The Bertz CT molecular complexity index is 828. The van der Waals surface area contributed by atoms with E-state index in [0.29, 0.717) is 23.0 Å². The van der Waals surface area contributed by atoms with Gasteiger partial charge >= 0.3 is 0 Å². The number of pyridine rings is 1. The van der Waals surface area contributed by atoms with Crippen LogP contribution in [-0.2, 0) is 7.05 Å². The number of ether oxygens (including phenoxy) is 1. The summed E-state index contributed by atoms with van der Waals surface area (Å²) in [4.78, 5) is 16.5. The minimum Gasteiger partial charge on any atom is -0.439 e. The van der Waals surface area contributed by atoms with Gasteiger partial charge in [-0.25, -0.2) is 4.98 Å². The van der Waals surface area contributed by atoms with Crippen LogP contribution in [0.3, 0.4) is 0 Å². The van der Waals surface area contributed by atoms with Crippen molar-refractivity contribution in [3.63, 3.8) is 0 Å². The standard InChI is InChI=1S/C17H16N4O2/c1-12-10-15(21(2)20-12)19-17(22)13-6-5-7-14(11-13)23-16-8-3-4-9-18-16/h3-11H,1-2H3,(H,19,22). The van der Waals surface area contributed by atoms with Crippen LogP contribution in [-0.4, -0.2) is 20.7 Å². The van der Waals surface area contributed by atoms with E-state index in [1.54, 1.807) is 48.3 Å². The van der Waals surface area contributed by atoms with Gasteiger partial charge in [0.05, 0.1) is 5.69 Å². The third-order valence-electron chi connectivity index (χ3n) is 3.20. The number of carbonyl (C=O) groups excluding carboxylic acids is 1.